The summed E-state index contributed by atoms with van der Waals surface area (Å²) in [5.41, 5.74) is 1.07. The number of ether oxygens (including phenoxy) is 2. The van der Waals surface area contributed by atoms with Crippen molar-refractivity contribution in [3.05, 3.63) is 22.7 Å². The zero-order valence-electron chi connectivity index (χ0n) is 10.7. The third-order valence-corrected chi connectivity index (χ3v) is 4.24. The van der Waals surface area contributed by atoms with Gasteiger partial charge in [-0.15, -0.1) is 0 Å². The second-order valence-electron chi connectivity index (χ2n) is 3.64. The average Bonchev–Trinajstić information content (AvgIpc) is 2.39. The van der Waals surface area contributed by atoms with E-state index in [1.807, 2.05) is 23.9 Å². The lowest BCUT2D eigenvalue weighted by Gasteiger charge is -2.13. The standard InChI is InChI=1S/C13H18BrClO2S/c1-3-18-6-4-5-17-13-11(15)7-10(9-14)8-12(13)16-2/h7-8H,3-6,9H2,1-2H3. The van der Waals surface area contributed by atoms with E-state index in [2.05, 4.69) is 22.9 Å². The summed E-state index contributed by atoms with van der Waals surface area (Å²) in [7, 11) is 1.63. The van der Waals surface area contributed by atoms with Crippen molar-refractivity contribution >= 4 is 39.3 Å². The van der Waals surface area contributed by atoms with Crippen molar-refractivity contribution in [2.75, 3.05) is 25.2 Å². The minimum absolute atomic E-state index is 0.604. The lowest BCUT2D eigenvalue weighted by Crippen LogP contribution is -2.02. The Morgan fingerprint density at radius 3 is 2.78 bits per heavy atom. The van der Waals surface area contributed by atoms with Crippen LogP contribution < -0.4 is 9.47 Å². The third-order valence-electron chi connectivity index (χ3n) is 2.33. The van der Waals surface area contributed by atoms with Gasteiger partial charge in [-0.3, -0.25) is 0 Å². The Labute approximate surface area is 127 Å². The van der Waals surface area contributed by atoms with Gasteiger partial charge in [-0.2, -0.15) is 11.8 Å². The maximum absolute atomic E-state index is 6.20. The Kier molecular flexibility index (Phi) is 7.95. The van der Waals surface area contributed by atoms with Crippen LogP contribution in [0.5, 0.6) is 11.5 Å². The second-order valence-corrected chi connectivity index (χ2v) is 6.00. The number of alkyl halides is 1. The third kappa shape index (κ3) is 4.90. The molecule has 0 bridgehead atoms. The molecule has 0 aliphatic heterocycles. The zero-order chi connectivity index (χ0) is 13.4. The van der Waals surface area contributed by atoms with Crippen LogP contribution in [0, 0.1) is 0 Å². The second kappa shape index (κ2) is 8.94. The van der Waals surface area contributed by atoms with Crippen LogP contribution in [0.4, 0.5) is 0 Å². The monoisotopic (exact) mass is 352 g/mol. The molecule has 0 N–H and O–H groups in total. The molecule has 0 fully saturated rings. The quantitative estimate of drug-likeness (QED) is 0.495. The van der Waals surface area contributed by atoms with E-state index in [0.29, 0.717) is 23.1 Å². The van der Waals surface area contributed by atoms with Gasteiger partial charge in [0.15, 0.2) is 11.5 Å². The number of hydrogen-bond donors (Lipinski definition) is 0. The van der Waals surface area contributed by atoms with Crippen molar-refractivity contribution < 1.29 is 9.47 Å². The number of thioether (sulfide) groups is 1. The fraction of sp³-hybridized carbons (Fsp3) is 0.538. The van der Waals surface area contributed by atoms with E-state index in [0.717, 1.165) is 28.8 Å². The topological polar surface area (TPSA) is 18.5 Å². The fourth-order valence-electron chi connectivity index (χ4n) is 1.47. The average molecular weight is 354 g/mol. The number of benzene rings is 1. The summed E-state index contributed by atoms with van der Waals surface area (Å²) in [4.78, 5) is 0. The van der Waals surface area contributed by atoms with Crippen molar-refractivity contribution in [1.29, 1.82) is 0 Å². The smallest absolute Gasteiger partial charge is 0.179 e. The van der Waals surface area contributed by atoms with E-state index >= 15 is 0 Å². The molecule has 5 heteroatoms. The Balaban J connectivity index is 2.63. The molecule has 2 nitrogen and oxygen atoms in total. The van der Waals surface area contributed by atoms with Crippen LogP contribution >= 0.6 is 39.3 Å². The van der Waals surface area contributed by atoms with Crippen LogP contribution in [0.15, 0.2) is 12.1 Å². The predicted molar refractivity (Wildman–Crippen MR) is 83.7 cm³/mol. The molecule has 0 saturated heterocycles. The summed E-state index contributed by atoms with van der Waals surface area (Å²) in [6, 6.07) is 3.84. The number of rotatable bonds is 8. The highest BCUT2D eigenvalue weighted by atomic mass is 79.9. The van der Waals surface area contributed by atoms with Gasteiger partial charge in [-0.25, -0.2) is 0 Å². The molecule has 0 spiro atoms. The van der Waals surface area contributed by atoms with Crippen molar-refractivity contribution in [2.24, 2.45) is 0 Å². The molecule has 0 unspecified atom stereocenters. The molecule has 1 aromatic rings. The Hall–Kier alpha value is -0.0600. The molecular weight excluding hydrogens is 336 g/mol. The summed E-state index contributed by atoms with van der Waals surface area (Å²) in [6.07, 6.45) is 1.01. The van der Waals surface area contributed by atoms with Gasteiger partial charge in [-0.1, -0.05) is 34.5 Å². The van der Waals surface area contributed by atoms with E-state index in [-0.39, 0.29) is 0 Å². The summed E-state index contributed by atoms with van der Waals surface area (Å²) < 4.78 is 11.0. The van der Waals surface area contributed by atoms with Gasteiger partial charge in [-0.05, 0) is 35.6 Å². The van der Waals surface area contributed by atoms with Gasteiger partial charge < -0.3 is 9.47 Å². The molecule has 0 amide bonds. The van der Waals surface area contributed by atoms with Crippen LogP contribution in [0.2, 0.25) is 5.02 Å². The Morgan fingerprint density at radius 2 is 2.17 bits per heavy atom. The summed E-state index contributed by atoms with van der Waals surface area (Å²) in [5, 5.41) is 1.35. The number of halogens is 2. The minimum Gasteiger partial charge on any atom is -0.493 e. The first kappa shape index (κ1) is 16.0. The molecule has 0 aliphatic carbocycles. The highest BCUT2D eigenvalue weighted by Gasteiger charge is 2.11. The molecule has 1 rings (SSSR count). The number of methoxy groups -OCH3 is 1. The maximum Gasteiger partial charge on any atom is 0.179 e. The molecular formula is C13H18BrClO2S. The van der Waals surface area contributed by atoms with Crippen molar-refractivity contribution in [3.8, 4) is 11.5 Å². The molecule has 0 atom stereocenters. The molecule has 102 valence electrons. The highest BCUT2D eigenvalue weighted by molar-refractivity contribution is 9.08. The molecule has 0 heterocycles. The fourth-order valence-corrected chi connectivity index (χ4v) is 2.69. The van der Waals surface area contributed by atoms with Crippen molar-refractivity contribution in [2.45, 2.75) is 18.7 Å². The van der Waals surface area contributed by atoms with Gasteiger partial charge in [0.25, 0.3) is 0 Å². The van der Waals surface area contributed by atoms with Crippen LogP contribution in [0.3, 0.4) is 0 Å². The molecule has 0 aromatic heterocycles. The van der Waals surface area contributed by atoms with E-state index in [1.54, 1.807) is 7.11 Å². The van der Waals surface area contributed by atoms with Crippen molar-refractivity contribution in [1.82, 2.24) is 0 Å². The molecule has 0 radical (unpaired) electrons. The van der Waals surface area contributed by atoms with Crippen molar-refractivity contribution in [3.63, 3.8) is 0 Å². The van der Waals surface area contributed by atoms with Crippen LogP contribution in [-0.4, -0.2) is 25.2 Å². The summed E-state index contributed by atoms with van der Waals surface area (Å²) >= 11 is 11.5. The van der Waals surface area contributed by atoms with Crippen LogP contribution in [0.25, 0.3) is 0 Å². The van der Waals surface area contributed by atoms with Gasteiger partial charge in [0.1, 0.15) is 0 Å². The number of hydrogen-bond acceptors (Lipinski definition) is 3. The summed E-state index contributed by atoms with van der Waals surface area (Å²) in [6.45, 7) is 2.82. The zero-order valence-corrected chi connectivity index (χ0v) is 13.8. The maximum atomic E-state index is 6.20. The van der Waals surface area contributed by atoms with Crippen LogP contribution in [0.1, 0.15) is 18.9 Å². The van der Waals surface area contributed by atoms with E-state index in [9.17, 15) is 0 Å². The minimum atomic E-state index is 0.604. The molecule has 1 aromatic carbocycles. The molecule has 0 aliphatic rings. The largest absolute Gasteiger partial charge is 0.493 e. The van der Waals surface area contributed by atoms with Crippen LogP contribution in [-0.2, 0) is 5.33 Å². The SMILES string of the molecule is CCSCCCOc1c(Cl)cc(CBr)cc1OC. The predicted octanol–water partition coefficient (Wildman–Crippen LogP) is 4.77. The Morgan fingerprint density at radius 1 is 1.39 bits per heavy atom. The van der Waals surface area contributed by atoms with Gasteiger partial charge in [0, 0.05) is 5.33 Å². The van der Waals surface area contributed by atoms with Gasteiger partial charge in [0.2, 0.25) is 0 Å². The van der Waals surface area contributed by atoms with E-state index < -0.39 is 0 Å². The lowest BCUT2D eigenvalue weighted by molar-refractivity contribution is 0.295. The first-order valence-corrected chi connectivity index (χ1v) is 8.51. The first-order chi connectivity index (χ1) is 8.72. The van der Waals surface area contributed by atoms with E-state index in [4.69, 9.17) is 21.1 Å². The Bertz CT molecular complexity index is 374. The molecule has 0 saturated carbocycles. The lowest BCUT2D eigenvalue weighted by atomic mass is 10.2. The van der Waals surface area contributed by atoms with E-state index in [1.165, 1.54) is 0 Å². The molecule has 18 heavy (non-hydrogen) atoms. The van der Waals surface area contributed by atoms with Gasteiger partial charge in [0.05, 0.1) is 18.7 Å². The highest BCUT2D eigenvalue weighted by Crippen LogP contribution is 2.37. The first-order valence-electron chi connectivity index (χ1n) is 5.85. The van der Waals surface area contributed by atoms with Gasteiger partial charge >= 0.3 is 0 Å². The normalized spacial score (nSPS) is 10.4. The summed E-state index contributed by atoms with van der Waals surface area (Å²) in [5.74, 6) is 3.59.